The molecule has 1 aromatic rings. The van der Waals surface area contributed by atoms with Crippen LogP contribution in [0.1, 0.15) is 36.0 Å². The molecule has 21 heavy (non-hydrogen) atoms. The molecule has 0 spiro atoms. The quantitative estimate of drug-likeness (QED) is 0.669. The van der Waals surface area contributed by atoms with Crippen LogP contribution in [0.4, 0.5) is 5.69 Å². The number of nitro benzene ring substituents is 1. The van der Waals surface area contributed by atoms with Crippen molar-refractivity contribution in [2.75, 3.05) is 13.2 Å². The van der Waals surface area contributed by atoms with Crippen molar-refractivity contribution in [3.8, 4) is 0 Å². The lowest BCUT2D eigenvalue weighted by atomic mass is 10.1. The van der Waals surface area contributed by atoms with Gasteiger partial charge in [0.2, 0.25) is 0 Å². The van der Waals surface area contributed by atoms with Crippen molar-refractivity contribution >= 4 is 23.2 Å². The van der Waals surface area contributed by atoms with Gasteiger partial charge in [-0.05, 0) is 18.9 Å². The van der Waals surface area contributed by atoms with Gasteiger partial charge in [-0.25, -0.2) is 0 Å². The number of carbonyl (C=O) groups is 1. The largest absolute Gasteiger partial charge is 0.395 e. The van der Waals surface area contributed by atoms with Gasteiger partial charge >= 0.3 is 0 Å². The molecule has 1 saturated carbocycles. The average molecular weight is 313 g/mol. The average Bonchev–Trinajstić information content (AvgIpc) is 2.97. The number of benzene rings is 1. The first kappa shape index (κ1) is 15.7. The maximum Gasteiger partial charge on any atom is 0.283 e. The first-order chi connectivity index (χ1) is 10.1. The Kier molecular flexibility index (Phi) is 5.14. The highest BCUT2D eigenvalue weighted by Crippen LogP contribution is 2.31. The molecule has 0 heterocycles. The Balaban J connectivity index is 2.38. The van der Waals surface area contributed by atoms with Gasteiger partial charge in [-0.15, -0.1) is 0 Å². The predicted octanol–water partition coefficient (Wildman–Crippen LogP) is 2.63. The highest BCUT2D eigenvalue weighted by molar-refractivity contribution is 6.34. The number of amides is 1. The molecule has 2 rings (SSSR count). The second-order valence-electron chi connectivity index (χ2n) is 5.05. The summed E-state index contributed by atoms with van der Waals surface area (Å²) in [7, 11) is 0. The third-order valence-electron chi connectivity index (χ3n) is 3.77. The second kappa shape index (κ2) is 6.87. The van der Waals surface area contributed by atoms with Crippen molar-refractivity contribution in [3.05, 3.63) is 38.9 Å². The number of aliphatic hydroxyl groups excluding tert-OH is 1. The fourth-order valence-corrected chi connectivity index (χ4v) is 3.04. The van der Waals surface area contributed by atoms with E-state index in [-0.39, 0.29) is 35.5 Å². The van der Waals surface area contributed by atoms with Crippen LogP contribution < -0.4 is 0 Å². The third-order valence-corrected chi connectivity index (χ3v) is 4.08. The highest BCUT2D eigenvalue weighted by atomic mass is 35.5. The molecular weight excluding hydrogens is 296 g/mol. The minimum atomic E-state index is -0.606. The van der Waals surface area contributed by atoms with Gasteiger partial charge in [0.1, 0.15) is 5.56 Å². The van der Waals surface area contributed by atoms with Crippen molar-refractivity contribution in [2.24, 2.45) is 0 Å². The van der Waals surface area contributed by atoms with Crippen LogP contribution in [0.15, 0.2) is 18.2 Å². The number of halogens is 1. The Labute approximate surface area is 127 Å². The van der Waals surface area contributed by atoms with Gasteiger partial charge in [-0.1, -0.05) is 30.5 Å². The molecule has 1 aromatic carbocycles. The number of hydrogen-bond donors (Lipinski definition) is 1. The monoisotopic (exact) mass is 312 g/mol. The summed E-state index contributed by atoms with van der Waals surface area (Å²) in [6.07, 6.45) is 3.74. The van der Waals surface area contributed by atoms with Crippen molar-refractivity contribution in [1.82, 2.24) is 4.90 Å². The van der Waals surface area contributed by atoms with Crippen LogP contribution >= 0.6 is 11.6 Å². The number of carbonyl (C=O) groups excluding carboxylic acids is 1. The van der Waals surface area contributed by atoms with Gasteiger partial charge in [-0.2, -0.15) is 0 Å². The number of rotatable bonds is 5. The molecule has 0 unspecified atom stereocenters. The molecular formula is C14H17ClN2O4. The third kappa shape index (κ3) is 3.33. The van der Waals surface area contributed by atoms with Gasteiger partial charge in [-0.3, -0.25) is 14.9 Å². The first-order valence-electron chi connectivity index (χ1n) is 6.91. The van der Waals surface area contributed by atoms with Gasteiger partial charge in [0, 0.05) is 18.7 Å². The number of hydrogen-bond acceptors (Lipinski definition) is 4. The van der Waals surface area contributed by atoms with Crippen LogP contribution in [0, 0.1) is 10.1 Å². The number of aliphatic hydroxyl groups is 1. The minimum Gasteiger partial charge on any atom is -0.395 e. The fourth-order valence-electron chi connectivity index (χ4n) is 2.79. The van der Waals surface area contributed by atoms with Gasteiger partial charge in [0.25, 0.3) is 11.6 Å². The van der Waals surface area contributed by atoms with Crippen molar-refractivity contribution < 1.29 is 14.8 Å². The van der Waals surface area contributed by atoms with Crippen LogP contribution in [-0.2, 0) is 0 Å². The van der Waals surface area contributed by atoms with E-state index in [1.165, 1.54) is 23.1 Å². The molecule has 7 heteroatoms. The molecule has 0 bridgehead atoms. The molecule has 0 saturated heterocycles. The summed E-state index contributed by atoms with van der Waals surface area (Å²) in [5, 5.41) is 20.4. The Morgan fingerprint density at radius 1 is 1.43 bits per heavy atom. The number of nitrogens with zero attached hydrogens (tertiary/aromatic N) is 2. The van der Waals surface area contributed by atoms with Crippen LogP contribution in [-0.4, -0.2) is 40.0 Å². The zero-order chi connectivity index (χ0) is 15.4. The molecule has 1 aliphatic carbocycles. The molecule has 6 nitrogen and oxygen atoms in total. The lowest BCUT2D eigenvalue weighted by Gasteiger charge is -2.28. The minimum absolute atomic E-state index is 0.0144. The maximum absolute atomic E-state index is 12.7. The first-order valence-corrected chi connectivity index (χ1v) is 7.28. The lowest BCUT2D eigenvalue weighted by molar-refractivity contribution is -0.385. The van der Waals surface area contributed by atoms with Gasteiger partial charge in [0.15, 0.2) is 0 Å². The Hall–Kier alpha value is -1.66. The molecule has 0 atom stereocenters. The van der Waals surface area contributed by atoms with Crippen LogP contribution in [0.5, 0.6) is 0 Å². The standard InChI is InChI=1S/C14H17ClN2O4/c15-11-6-3-7-12(17(20)21)13(11)14(19)16(8-9-18)10-4-1-2-5-10/h3,6-7,10,18H,1-2,4-5,8-9H2. The highest BCUT2D eigenvalue weighted by Gasteiger charge is 2.32. The summed E-state index contributed by atoms with van der Waals surface area (Å²) in [6.45, 7) is -0.0215. The van der Waals surface area contributed by atoms with Gasteiger partial charge < -0.3 is 10.0 Å². The predicted molar refractivity (Wildman–Crippen MR) is 78.5 cm³/mol. The normalized spacial score (nSPS) is 15.1. The number of nitro groups is 1. The summed E-state index contributed by atoms with van der Waals surface area (Å²) in [5.41, 5.74) is -0.391. The van der Waals surface area contributed by atoms with Crippen LogP contribution in [0.25, 0.3) is 0 Å². The molecule has 0 aliphatic heterocycles. The lowest BCUT2D eigenvalue weighted by Crippen LogP contribution is -2.41. The van der Waals surface area contributed by atoms with E-state index in [0.29, 0.717) is 0 Å². The molecule has 1 N–H and O–H groups in total. The summed E-state index contributed by atoms with van der Waals surface area (Å²) in [4.78, 5) is 24.7. The van der Waals surface area contributed by atoms with E-state index in [9.17, 15) is 20.0 Å². The SMILES string of the molecule is O=C(c1c(Cl)cccc1[N+](=O)[O-])N(CCO)C1CCCC1. The molecule has 1 aliphatic rings. The summed E-state index contributed by atoms with van der Waals surface area (Å²) >= 11 is 6.00. The summed E-state index contributed by atoms with van der Waals surface area (Å²) in [5.74, 6) is -0.478. The van der Waals surface area contributed by atoms with Crippen molar-refractivity contribution in [3.63, 3.8) is 0 Å². The van der Waals surface area contributed by atoms with E-state index in [0.717, 1.165) is 25.7 Å². The van der Waals surface area contributed by atoms with Crippen LogP contribution in [0.3, 0.4) is 0 Å². The molecule has 0 radical (unpaired) electrons. The zero-order valence-electron chi connectivity index (χ0n) is 11.5. The van der Waals surface area contributed by atoms with E-state index in [2.05, 4.69) is 0 Å². The molecule has 1 fully saturated rings. The summed E-state index contributed by atoms with van der Waals surface area (Å²) in [6, 6.07) is 4.20. The maximum atomic E-state index is 12.7. The second-order valence-corrected chi connectivity index (χ2v) is 5.46. The van der Waals surface area contributed by atoms with Gasteiger partial charge in [0.05, 0.1) is 16.6 Å². The topological polar surface area (TPSA) is 83.7 Å². The van der Waals surface area contributed by atoms with E-state index >= 15 is 0 Å². The van der Waals surface area contributed by atoms with E-state index in [1.54, 1.807) is 0 Å². The van der Waals surface area contributed by atoms with Crippen LogP contribution in [0.2, 0.25) is 5.02 Å². The van der Waals surface area contributed by atoms with Crippen molar-refractivity contribution in [1.29, 1.82) is 0 Å². The van der Waals surface area contributed by atoms with E-state index in [4.69, 9.17) is 11.6 Å². The van der Waals surface area contributed by atoms with Crippen molar-refractivity contribution in [2.45, 2.75) is 31.7 Å². The smallest absolute Gasteiger partial charge is 0.283 e. The van der Waals surface area contributed by atoms with E-state index in [1.807, 2.05) is 0 Å². The Bertz CT molecular complexity index is 544. The molecule has 1 amide bonds. The van der Waals surface area contributed by atoms with E-state index < -0.39 is 10.8 Å². The summed E-state index contributed by atoms with van der Waals surface area (Å²) < 4.78 is 0. The molecule has 114 valence electrons. The Morgan fingerprint density at radius 2 is 2.10 bits per heavy atom. The molecule has 0 aromatic heterocycles. The fraction of sp³-hybridized carbons (Fsp3) is 0.500. The Morgan fingerprint density at radius 3 is 2.67 bits per heavy atom. The zero-order valence-corrected chi connectivity index (χ0v) is 12.3.